The van der Waals surface area contributed by atoms with Crippen molar-refractivity contribution in [2.24, 2.45) is 0 Å². The molecule has 9 aromatic rings. The van der Waals surface area contributed by atoms with Gasteiger partial charge in [0.05, 0.1) is 0 Å². The Labute approximate surface area is 321 Å². The average molecular weight is 706 g/mol. The predicted octanol–water partition coefficient (Wildman–Crippen LogP) is 14.7. The van der Waals surface area contributed by atoms with Crippen molar-refractivity contribution in [1.29, 1.82) is 0 Å². The lowest BCUT2D eigenvalue weighted by Gasteiger charge is -2.28. The fourth-order valence-electron chi connectivity index (χ4n) is 9.33. The van der Waals surface area contributed by atoms with E-state index in [0.29, 0.717) is 0 Å². The topological polar surface area (TPSA) is 16.4 Å². The fourth-order valence-corrected chi connectivity index (χ4v) is 9.33. The number of hydrogen-bond donors (Lipinski definition) is 0. The molecule has 2 aliphatic rings. The largest absolute Gasteiger partial charge is 0.456 e. The van der Waals surface area contributed by atoms with Gasteiger partial charge in [0.1, 0.15) is 11.2 Å². The average Bonchev–Trinajstić information content (AvgIpc) is 3.73. The van der Waals surface area contributed by atoms with Crippen LogP contribution in [0.25, 0.3) is 66.6 Å². The van der Waals surface area contributed by atoms with Gasteiger partial charge < -0.3 is 9.32 Å². The summed E-state index contributed by atoms with van der Waals surface area (Å²) in [6.07, 6.45) is 4.37. The molecule has 8 aromatic carbocycles. The molecule has 0 saturated carbocycles. The van der Waals surface area contributed by atoms with E-state index in [0.717, 1.165) is 41.1 Å². The summed E-state index contributed by atoms with van der Waals surface area (Å²) in [6, 6.07) is 62.3. The summed E-state index contributed by atoms with van der Waals surface area (Å²) in [4.78, 5) is 2.42. The lowest BCUT2D eigenvalue weighted by atomic mass is 9.82. The van der Waals surface area contributed by atoms with Crippen LogP contribution in [0.5, 0.6) is 0 Å². The minimum absolute atomic E-state index is 0.0878. The lowest BCUT2D eigenvalue weighted by Crippen LogP contribution is -2.16. The molecule has 2 aliphatic carbocycles. The van der Waals surface area contributed by atoms with Gasteiger partial charge in [-0.15, -0.1) is 0 Å². The van der Waals surface area contributed by atoms with E-state index in [1.54, 1.807) is 0 Å². The van der Waals surface area contributed by atoms with E-state index in [-0.39, 0.29) is 5.41 Å². The van der Waals surface area contributed by atoms with Gasteiger partial charge in [0.15, 0.2) is 0 Å². The summed E-state index contributed by atoms with van der Waals surface area (Å²) in [5.41, 5.74) is 18.5. The Morgan fingerprint density at radius 1 is 0.491 bits per heavy atom. The Morgan fingerprint density at radius 3 is 2.00 bits per heavy atom. The lowest BCUT2D eigenvalue weighted by molar-refractivity contribution is 0.660. The highest BCUT2D eigenvalue weighted by atomic mass is 16.3. The van der Waals surface area contributed by atoms with Crippen LogP contribution < -0.4 is 4.90 Å². The van der Waals surface area contributed by atoms with Crippen LogP contribution >= 0.6 is 0 Å². The number of allylic oxidation sites excluding steroid dienone is 1. The van der Waals surface area contributed by atoms with Gasteiger partial charge in [-0.2, -0.15) is 0 Å². The SMILES string of the molecule is CC1(C)c2ccccc2-c2ccc(N(c3ccc(C4=Cc5ccc6oc7ccccc7c6c5CC4)cc3)c3ccc(-c4ccc5ccccc5c4)cc3)cc21. The normalized spacial score (nSPS) is 14.1. The van der Waals surface area contributed by atoms with E-state index >= 15 is 0 Å². The highest BCUT2D eigenvalue weighted by Crippen LogP contribution is 2.51. The van der Waals surface area contributed by atoms with Gasteiger partial charge in [-0.1, -0.05) is 135 Å². The number of benzene rings is 8. The van der Waals surface area contributed by atoms with Crippen LogP contribution in [-0.2, 0) is 11.8 Å². The van der Waals surface area contributed by atoms with Crippen LogP contribution in [0.4, 0.5) is 17.1 Å². The molecular formula is C53H39NO. The van der Waals surface area contributed by atoms with Gasteiger partial charge in [-0.25, -0.2) is 0 Å². The van der Waals surface area contributed by atoms with Crippen molar-refractivity contribution in [2.75, 3.05) is 4.90 Å². The molecule has 0 amide bonds. The Balaban J connectivity index is 0.983. The van der Waals surface area contributed by atoms with Gasteiger partial charge in [0.2, 0.25) is 0 Å². The van der Waals surface area contributed by atoms with E-state index in [4.69, 9.17) is 4.42 Å². The number of para-hydroxylation sites is 1. The van der Waals surface area contributed by atoms with Crippen molar-refractivity contribution in [1.82, 2.24) is 0 Å². The fraction of sp³-hybridized carbons (Fsp3) is 0.0943. The molecule has 2 heteroatoms. The Bertz CT molecular complexity index is 3000. The zero-order valence-electron chi connectivity index (χ0n) is 31.0. The molecule has 0 N–H and O–H groups in total. The summed E-state index contributed by atoms with van der Waals surface area (Å²) in [5, 5.41) is 4.99. The Morgan fingerprint density at radius 2 is 1.16 bits per heavy atom. The van der Waals surface area contributed by atoms with Crippen LogP contribution in [-0.4, -0.2) is 0 Å². The van der Waals surface area contributed by atoms with Crippen LogP contribution in [0, 0.1) is 0 Å². The van der Waals surface area contributed by atoms with E-state index in [9.17, 15) is 0 Å². The van der Waals surface area contributed by atoms with Crippen LogP contribution in [0.3, 0.4) is 0 Å². The van der Waals surface area contributed by atoms with Crippen molar-refractivity contribution in [2.45, 2.75) is 32.1 Å². The zero-order chi connectivity index (χ0) is 36.7. The number of nitrogens with zero attached hydrogens (tertiary/aromatic N) is 1. The minimum atomic E-state index is -0.0878. The summed E-state index contributed by atoms with van der Waals surface area (Å²) < 4.78 is 6.21. The molecule has 0 bridgehead atoms. The second kappa shape index (κ2) is 12.2. The highest BCUT2D eigenvalue weighted by Gasteiger charge is 2.35. The smallest absolute Gasteiger partial charge is 0.135 e. The number of fused-ring (bicyclic) bond motifs is 9. The number of furan rings is 1. The second-order valence-electron chi connectivity index (χ2n) is 15.7. The number of aryl methyl sites for hydroxylation is 1. The standard InChI is InChI=1S/C53H39NO/c1-53(2)48-13-7-5-11-45(48)46-29-27-43(33-49(46)53)54(41-23-17-35(18-24-41)38-16-15-34-9-3-4-10-37(34)31-38)42-25-19-36(20-26-42)39-21-28-44-40(32-39)22-30-51-52(44)47-12-6-8-14-50(47)55-51/h3-20,22-27,29-33H,21,28H2,1-2H3. The zero-order valence-corrected chi connectivity index (χ0v) is 31.0. The number of hydrogen-bond acceptors (Lipinski definition) is 2. The first-order valence-electron chi connectivity index (χ1n) is 19.4. The number of anilines is 3. The molecule has 55 heavy (non-hydrogen) atoms. The third kappa shape index (κ3) is 5.09. The first-order valence-corrected chi connectivity index (χ1v) is 19.4. The number of rotatable bonds is 5. The molecule has 262 valence electrons. The van der Waals surface area contributed by atoms with Crippen LogP contribution in [0.1, 0.15) is 48.1 Å². The molecule has 0 fully saturated rings. The van der Waals surface area contributed by atoms with Crippen LogP contribution in [0.2, 0.25) is 0 Å². The molecule has 0 atom stereocenters. The summed E-state index contributed by atoms with van der Waals surface area (Å²) in [7, 11) is 0. The van der Waals surface area contributed by atoms with Crippen molar-refractivity contribution < 1.29 is 4.42 Å². The summed E-state index contributed by atoms with van der Waals surface area (Å²) >= 11 is 0. The first kappa shape index (κ1) is 31.8. The minimum Gasteiger partial charge on any atom is -0.456 e. The van der Waals surface area contributed by atoms with E-state index in [2.05, 4.69) is 189 Å². The summed E-state index contributed by atoms with van der Waals surface area (Å²) in [5.74, 6) is 0. The Kier molecular flexibility index (Phi) is 7.06. The van der Waals surface area contributed by atoms with Gasteiger partial charge in [-0.05, 0) is 134 Å². The van der Waals surface area contributed by atoms with E-state index in [1.165, 1.54) is 77.2 Å². The van der Waals surface area contributed by atoms with E-state index in [1.807, 2.05) is 6.07 Å². The molecule has 1 heterocycles. The molecule has 2 nitrogen and oxygen atoms in total. The van der Waals surface area contributed by atoms with Gasteiger partial charge in [0.25, 0.3) is 0 Å². The molecule has 11 rings (SSSR count). The Hall–Kier alpha value is -6.64. The van der Waals surface area contributed by atoms with Gasteiger partial charge in [-0.3, -0.25) is 0 Å². The summed E-state index contributed by atoms with van der Waals surface area (Å²) in [6.45, 7) is 4.71. The maximum absolute atomic E-state index is 6.21. The van der Waals surface area contributed by atoms with Crippen molar-refractivity contribution in [3.63, 3.8) is 0 Å². The van der Waals surface area contributed by atoms with Crippen molar-refractivity contribution >= 4 is 61.4 Å². The molecule has 0 saturated heterocycles. The monoisotopic (exact) mass is 705 g/mol. The maximum Gasteiger partial charge on any atom is 0.135 e. The molecule has 0 spiro atoms. The van der Waals surface area contributed by atoms with Gasteiger partial charge in [0, 0.05) is 33.2 Å². The maximum atomic E-state index is 6.21. The third-order valence-corrected chi connectivity index (χ3v) is 12.2. The predicted molar refractivity (Wildman–Crippen MR) is 232 cm³/mol. The molecule has 0 radical (unpaired) electrons. The van der Waals surface area contributed by atoms with Gasteiger partial charge >= 0.3 is 0 Å². The van der Waals surface area contributed by atoms with E-state index < -0.39 is 0 Å². The first-order chi connectivity index (χ1) is 27.0. The second-order valence-corrected chi connectivity index (χ2v) is 15.7. The molecule has 0 aliphatic heterocycles. The van der Waals surface area contributed by atoms with Crippen molar-refractivity contribution in [3.8, 4) is 22.3 Å². The highest BCUT2D eigenvalue weighted by molar-refractivity contribution is 6.08. The quantitative estimate of drug-likeness (QED) is 0.177. The van der Waals surface area contributed by atoms with Crippen molar-refractivity contribution in [3.05, 3.63) is 198 Å². The molecule has 1 aromatic heterocycles. The molecular weight excluding hydrogens is 667 g/mol. The molecule has 0 unspecified atom stereocenters. The van der Waals surface area contributed by atoms with Crippen LogP contribution in [0.15, 0.2) is 174 Å². The third-order valence-electron chi connectivity index (χ3n) is 12.2.